The van der Waals surface area contributed by atoms with E-state index in [9.17, 15) is 9.59 Å². The Kier molecular flexibility index (Phi) is 7.46. The number of benzene rings is 2. The Hall–Kier alpha value is -2.86. The normalized spacial score (nSPS) is 15.2. The minimum Gasteiger partial charge on any atom is -0.497 e. The Morgan fingerprint density at radius 1 is 1.00 bits per heavy atom. The van der Waals surface area contributed by atoms with Gasteiger partial charge >= 0.3 is 0 Å². The number of piperazine rings is 1. The largest absolute Gasteiger partial charge is 0.497 e. The molecule has 1 atom stereocenters. The molecule has 30 heavy (non-hydrogen) atoms. The number of hydrogen-bond donors (Lipinski definition) is 0. The van der Waals surface area contributed by atoms with E-state index in [0.717, 1.165) is 23.4 Å². The van der Waals surface area contributed by atoms with Crippen molar-refractivity contribution >= 4 is 11.8 Å². The Labute approximate surface area is 179 Å². The molecule has 1 saturated heterocycles. The smallest absolute Gasteiger partial charge is 0.244 e. The Bertz CT molecular complexity index is 848. The quantitative estimate of drug-likeness (QED) is 0.705. The summed E-state index contributed by atoms with van der Waals surface area (Å²) >= 11 is 0. The van der Waals surface area contributed by atoms with E-state index in [4.69, 9.17) is 4.74 Å². The lowest BCUT2D eigenvalue weighted by Crippen LogP contribution is -2.53. The first-order valence-electron chi connectivity index (χ1n) is 10.5. The van der Waals surface area contributed by atoms with Crippen molar-refractivity contribution in [2.45, 2.75) is 19.4 Å². The van der Waals surface area contributed by atoms with Crippen LogP contribution in [0.3, 0.4) is 0 Å². The maximum atomic E-state index is 13.3. The number of likely N-dealkylation sites (N-methyl/N-ethyl adjacent to an activating group) is 1. The van der Waals surface area contributed by atoms with E-state index in [-0.39, 0.29) is 17.9 Å². The molecule has 0 aliphatic carbocycles. The van der Waals surface area contributed by atoms with Gasteiger partial charge in [-0.3, -0.25) is 14.5 Å². The van der Waals surface area contributed by atoms with Gasteiger partial charge in [0.1, 0.15) is 11.8 Å². The van der Waals surface area contributed by atoms with E-state index in [2.05, 4.69) is 11.8 Å². The lowest BCUT2D eigenvalue weighted by Gasteiger charge is -2.38. The van der Waals surface area contributed by atoms with Crippen LogP contribution in [0, 0.1) is 0 Å². The van der Waals surface area contributed by atoms with Gasteiger partial charge in [0.25, 0.3) is 0 Å². The fraction of sp³-hybridized carbons (Fsp3) is 0.417. The monoisotopic (exact) mass is 409 g/mol. The number of carbonyl (C=O) groups excluding carboxylic acids is 2. The third-order valence-corrected chi connectivity index (χ3v) is 5.72. The van der Waals surface area contributed by atoms with Crippen molar-refractivity contribution in [3.63, 3.8) is 0 Å². The summed E-state index contributed by atoms with van der Waals surface area (Å²) < 4.78 is 5.24. The lowest BCUT2D eigenvalue weighted by atomic mass is 10.0. The van der Waals surface area contributed by atoms with Crippen molar-refractivity contribution < 1.29 is 14.3 Å². The van der Waals surface area contributed by atoms with Gasteiger partial charge in [-0.1, -0.05) is 49.4 Å². The highest BCUT2D eigenvalue weighted by Gasteiger charge is 2.31. The van der Waals surface area contributed by atoms with Crippen molar-refractivity contribution in [1.29, 1.82) is 0 Å². The van der Waals surface area contributed by atoms with Crippen molar-refractivity contribution in [3.05, 3.63) is 65.7 Å². The topological polar surface area (TPSA) is 53.1 Å². The van der Waals surface area contributed by atoms with E-state index < -0.39 is 0 Å². The minimum atomic E-state index is -0.296. The number of methoxy groups -OCH3 is 1. The second-order valence-corrected chi connectivity index (χ2v) is 7.62. The zero-order valence-electron chi connectivity index (χ0n) is 18.1. The number of nitrogens with zero attached hydrogens (tertiary/aromatic N) is 3. The Morgan fingerprint density at radius 3 is 2.30 bits per heavy atom. The molecule has 2 amide bonds. The zero-order chi connectivity index (χ0) is 21.5. The average Bonchev–Trinajstić information content (AvgIpc) is 2.80. The summed E-state index contributed by atoms with van der Waals surface area (Å²) in [5.41, 5.74) is 1.94. The number of rotatable bonds is 7. The van der Waals surface area contributed by atoms with Gasteiger partial charge < -0.3 is 14.5 Å². The molecule has 2 aromatic rings. The second-order valence-electron chi connectivity index (χ2n) is 7.62. The summed E-state index contributed by atoms with van der Waals surface area (Å²) in [5, 5.41) is 0. The molecule has 0 aromatic heterocycles. The highest BCUT2D eigenvalue weighted by atomic mass is 16.5. The molecule has 0 N–H and O–H groups in total. The predicted molar refractivity (Wildman–Crippen MR) is 117 cm³/mol. The van der Waals surface area contributed by atoms with Gasteiger partial charge in [0.2, 0.25) is 11.8 Å². The molecule has 6 nitrogen and oxygen atoms in total. The molecule has 0 saturated carbocycles. The maximum absolute atomic E-state index is 13.3. The first kappa shape index (κ1) is 21.8. The summed E-state index contributed by atoms with van der Waals surface area (Å²) in [7, 11) is 3.60. The molecule has 2 aromatic carbocycles. The maximum Gasteiger partial charge on any atom is 0.244 e. The summed E-state index contributed by atoms with van der Waals surface area (Å²) in [5.74, 6) is 0.939. The summed E-state index contributed by atoms with van der Waals surface area (Å²) in [6.45, 7) is 5.08. The van der Waals surface area contributed by atoms with Crippen molar-refractivity contribution in [2.75, 3.05) is 46.9 Å². The molecule has 1 unspecified atom stereocenters. The molecule has 1 heterocycles. The molecule has 0 radical (unpaired) electrons. The molecule has 1 fully saturated rings. The molecule has 6 heteroatoms. The van der Waals surface area contributed by atoms with Crippen molar-refractivity contribution in [3.8, 4) is 5.75 Å². The Morgan fingerprint density at radius 2 is 1.67 bits per heavy atom. The lowest BCUT2D eigenvalue weighted by molar-refractivity contribution is -0.142. The van der Waals surface area contributed by atoms with E-state index in [1.54, 1.807) is 7.11 Å². The van der Waals surface area contributed by atoms with Crippen LogP contribution in [-0.4, -0.2) is 73.4 Å². The standard InChI is InChI=1S/C24H31N3O3/c1-4-25(2)23(20-10-6-5-7-11-20)24(29)27-15-13-26(14-16-27)22(28)18-19-9-8-12-21(17-19)30-3/h5-12,17,23H,4,13-16,18H2,1-3H3. The molecule has 1 aliphatic rings. The van der Waals surface area contributed by atoms with Gasteiger partial charge in [0.15, 0.2) is 0 Å². The fourth-order valence-electron chi connectivity index (χ4n) is 3.82. The van der Waals surface area contributed by atoms with Crippen LogP contribution >= 0.6 is 0 Å². The zero-order valence-corrected chi connectivity index (χ0v) is 18.1. The molecule has 1 aliphatic heterocycles. The SMILES string of the molecule is CCN(C)C(C(=O)N1CCN(C(=O)Cc2cccc(OC)c2)CC1)c1ccccc1. The van der Waals surface area contributed by atoms with Crippen molar-refractivity contribution in [2.24, 2.45) is 0 Å². The number of amides is 2. The van der Waals surface area contributed by atoms with E-state index >= 15 is 0 Å². The summed E-state index contributed by atoms with van der Waals surface area (Å²) in [6, 6.07) is 17.2. The van der Waals surface area contributed by atoms with Gasteiger partial charge in [-0.15, -0.1) is 0 Å². The molecule has 0 spiro atoms. The summed E-state index contributed by atoms with van der Waals surface area (Å²) in [6.07, 6.45) is 0.344. The molecule has 0 bridgehead atoms. The van der Waals surface area contributed by atoms with Crippen LogP contribution in [0.25, 0.3) is 0 Å². The van der Waals surface area contributed by atoms with Crippen LogP contribution in [0.2, 0.25) is 0 Å². The molecular formula is C24H31N3O3. The predicted octanol–water partition coefficient (Wildman–Crippen LogP) is 2.60. The number of carbonyl (C=O) groups is 2. The Balaban J connectivity index is 1.60. The summed E-state index contributed by atoms with van der Waals surface area (Å²) in [4.78, 5) is 31.8. The van der Waals surface area contributed by atoms with Crippen LogP contribution in [0.1, 0.15) is 24.1 Å². The third kappa shape index (κ3) is 5.19. The first-order valence-corrected chi connectivity index (χ1v) is 10.5. The highest BCUT2D eigenvalue weighted by Crippen LogP contribution is 2.23. The third-order valence-electron chi connectivity index (χ3n) is 5.72. The van der Waals surface area contributed by atoms with Crippen LogP contribution in [0.5, 0.6) is 5.75 Å². The van der Waals surface area contributed by atoms with Crippen LogP contribution < -0.4 is 4.74 Å². The average molecular weight is 410 g/mol. The van der Waals surface area contributed by atoms with E-state index in [1.807, 2.05) is 71.4 Å². The molecule has 160 valence electrons. The van der Waals surface area contributed by atoms with Gasteiger partial charge in [-0.05, 0) is 36.9 Å². The molecular weight excluding hydrogens is 378 g/mol. The van der Waals surface area contributed by atoms with Gasteiger partial charge in [-0.25, -0.2) is 0 Å². The van der Waals surface area contributed by atoms with Gasteiger partial charge in [0, 0.05) is 26.2 Å². The van der Waals surface area contributed by atoms with E-state index in [1.165, 1.54) is 0 Å². The highest BCUT2D eigenvalue weighted by molar-refractivity contribution is 5.84. The minimum absolute atomic E-state index is 0.0839. The number of hydrogen-bond acceptors (Lipinski definition) is 4. The first-order chi connectivity index (χ1) is 14.5. The van der Waals surface area contributed by atoms with Crippen molar-refractivity contribution in [1.82, 2.24) is 14.7 Å². The molecule has 3 rings (SSSR count). The van der Waals surface area contributed by atoms with E-state index in [0.29, 0.717) is 32.6 Å². The van der Waals surface area contributed by atoms with Crippen LogP contribution in [-0.2, 0) is 16.0 Å². The van der Waals surface area contributed by atoms with Crippen LogP contribution in [0.15, 0.2) is 54.6 Å². The van der Waals surface area contributed by atoms with Crippen LogP contribution in [0.4, 0.5) is 0 Å². The second kappa shape index (κ2) is 10.3. The fourth-order valence-corrected chi connectivity index (χ4v) is 3.82. The number of ether oxygens (including phenoxy) is 1. The van der Waals surface area contributed by atoms with Gasteiger partial charge in [0.05, 0.1) is 13.5 Å². The van der Waals surface area contributed by atoms with Gasteiger partial charge in [-0.2, -0.15) is 0 Å².